The van der Waals surface area contributed by atoms with Gasteiger partial charge in [-0.05, 0) is 30.5 Å². The summed E-state index contributed by atoms with van der Waals surface area (Å²) in [6, 6.07) is 5.65. The molecule has 1 aromatic carbocycles. The van der Waals surface area contributed by atoms with Gasteiger partial charge in [-0.25, -0.2) is 9.97 Å². The first-order chi connectivity index (χ1) is 10.5. The van der Waals surface area contributed by atoms with E-state index in [-0.39, 0.29) is 11.6 Å². The minimum atomic E-state index is -0.279. The van der Waals surface area contributed by atoms with Gasteiger partial charge in [0.05, 0.1) is 12.4 Å². The molecule has 0 saturated carbocycles. The molecule has 0 aliphatic rings. The molecule has 1 aromatic heterocycles. The van der Waals surface area contributed by atoms with Crippen LogP contribution in [0.15, 0.2) is 35.1 Å². The molecule has 2 rings (SSSR count). The topological polar surface area (TPSA) is 66.9 Å². The maximum atomic E-state index is 12.1. The summed E-state index contributed by atoms with van der Waals surface area (Å²) in [6.07, 6.45) is 3.05. The first-order valence-electron chi connectivity index (χ1n) is 7.09. The molecule has 2 aromatic rings. The molecule has 0 fully saturated rings. The number of amides is 1. The zero-order valence-electron chi connectivity index (χ0n) is 12.9. The molecule has 116 valence electrons. The van der Waals surface area contributed by atoms with Crippen molar-refractivity contribution >= 4 is 33.3 Å². The number of nitrogens with one attached hydrogen (secondary N) is 2. The average Bonchev–Trinajstić information content (AvgIpc) is 2.49. The molecule has 0 aliphatic heterocycles. The highest BCUT2D eigenvalue weighted by Crippen LogP contribution is 2.20. The Labute approximate surface area is 138 Å². The van der Waals surface area contributed by atoms with Crippen molar-refractivity contribution in [3.05, 3.63) is 46.3 Å². The summed E-state index contributed by atoms with van der Waals surface area (Å²) in [5.41, 5.74) is 2.11. The van der Waals surface area contributed by atoms with Crippen molar-refractivity contribution in [1.82, 2.24) is 9.97 Å². The Morgan fingerprint density at radius 3 is 2.64 bits per heavy atom. The molecule has 2 N–H and O–H groups in total. The van der Waals surface area contributed by atoms with Gasteiger partial charge in [0.25, 0.3) is 5.91 Å². The Balaban J connectivity index is 2.01. The number of carbonyl (C=O) groups is 1. The fourth-order valence-electron chi connectivity index (χ4n) is 1.71. The van der Waals surface area contributed by atoms with Crippen LogP contribution in [0.1, 0.15) is 29.9 Å². The average molecular weight is 363 g/mol. The molecule has 1 amide bonds. The van der Waals surface area contributed by atoms with Gasteiger partial charge in [0.1, 0.15) is 11.5 Å². The van der Waals surface area contributed by atoms with E-state index in [1.807, 2.05) is 25.1 Å². The monoisotopic (exact) mass is 362 g/mol. The van der Waals surface area contributed by atoms with Gasteiger partial charge in [-0.2, -0.15) is 0 Å². The van der Waals surface area contributed by atoms with Gasteiger partial charge >= 0.3 is 0 Å². The Hall–Kier alpha value is -1.95. The van der Waals surface area contributed by atoms with Gasteiger partial charge < -0.3 is 10.6 Å². The summed E-state index contributed by atoms with van der Waals surface area (Å²) in [4.78, 5) is 20.5. The van der Waals surface area contributed by atoms with Crippen molar-refractivity contribution in [2.45, 2.75) is 20.8 Å². The SMILES string of the molecule is Cc1ccc(NC(=O)c2cnc(NCC(C)C)cn2)cc1Br. The van der Waals surface area contributed by atoms with Crippen LogP contribution in [0.4, 0.5) is 11.5 Å². The summed E-state index contributed by atoms with van der Waals surface area (Å²) < 4.78 is 0.949. The van der Waals surface area contributed by atoms with Crippen molar-refractivity contribution < 1.29 is 4.79 Å². The van der Waals surface area contributed by atoms with Crippen molar-refractivity contribution in [2.24, 2.45) is 5.92 Å². The number of carbonyl (C=O) groups excluding carboxylic acids is 1. The van der Waals surface area contributed by atoms with Crippen LogP contribution in [0.3, 0.4) is 0 Å². The second-order valence-corrected chi connectivity index (χ2v) is 6.33. The lowest BCUT2D eigenvalue weighted by molar-refractivity contribution is 0.102. The van der Waals surface area contributed by atoms with Crippen molar-refractivity contribution in [1.29, 1.82) is 0 Å². The van der Waals surface area contributed by atoms with Crippen LogP contribution in [0.5, 0.6) is 0 Å². The highest BCUT2D eigenvalue weighted by molar-refractivity contribution is 9.10. The molecular formula is C16H19BrN4O. The molecule has 0 spiro atoms. The fourth-order valence-corrected chi connectivity index (χ4v) is 2.09. The quantitative estimate of drug-likeness (QED) is 0.846. The number of aryl methyl sites for hydroxylation is 1. The predicted octanol–water partition coefficient (Wildman–Crippen LogP) is 3.87. The van der Waals surface area contributed by atoms with E-state index in [0.29, 0.717) is 17.4 Å². The number of nitrogens with zero attached hydrogens (tertiary/aromatic N) is 2. The first kappa shape index (κ1) is 16.4. The zero-order valence-corrected chi connectivity index (χ0v) is 14.4. The van der Waals surface area contributed by atoms with E-state index < -0.39 is 0 Å². The third-order valence-corrected chi connectivity index (χ3v) is 3.86. The number of hydrogen-bond acceptors (Lipinski definition) is 4. The van der Waals surface area contributed by atoms with Crippen LogP contribution in [0.2, 0.25) is 0 Å². The zero-order chi connectivity index (χ0) is 16.1. The van der Waals surface area contributed by atoms with E-state index in [2.05, 4.69) is 50.4 Å². The van der Waals surface area contributed by atoms with E-state index in [9.17, 15) is 4.79 Å². The molecule has 6 heteroatoms. The van der Waals surface area contributed by atoms with Gasteiger partial charge in [-0.1, -0.05) is 35.8 Å². The van der Waals surface area contributed by atoms with E-state index in [1.165, 1.54) is 6.20 Å². The number of halogens is 1. The van der Waals surface area contributed by atoms with Crippen LogP contribution in [0, 0.1) is 12.8 Å². The Morgan fingerprint density at radius 1 is 1.27 bits per heavy atom. The molecule has 0 unspecified atom stereocenters. The van der Waals surface area contributed by atoms with Gasteiger partial charge in [0, 0.05) is 16.7 Å². The van der Waals surface area contributed by atoms with Crippen LogP contribution >= 0.6 is 15.9 Å². The maximum Gasteiger partial charge on any atom is 0.275 e. The van der Waals surface area contributed by atoms with E-state index in [1.54, 1.807) is 6.20 Å². The van der Waals surface area contributed by atoms with Gasteiger partial charge in [0.2, 0.25) is 0 Å². The molecule has 0 aliphatic carbocycles. The Bertz CT molecular complexity index is 656. The summed E-state index contributed by atoms with van der Waals surface area (Å²) in [5, 5.41) is 5.97. The number of benzene rings is 1. The Morgan fingerprint density at radius 2 is 2.05 bits per heavy atom. The predicted molar refractivity (Wildman–Crippen MR) is 92.2 cm³/mol. The molecule has 0 saturated heterocycles. The van der Waals surface area contributed by atoms with Crippen LogP contribution in [-0.2, 0) is 0 Å². The van der Waals surface area contributed by atoms with Crippen molar-refractivity contribution in [2.75, 3.05) is 17.2 Å². The van der Waals surface area contributed by atoms with Gasteiger partial charge in [-0.15, -0.1) is 0 Å². The number of hydrogen-bond donors (Lipinski definition) is 2. The highest BCUT2D eigenvalue weighted by Gasteiger charge is 2.09. The Kier molecular flexibility index (Phi) is 5.49. The third-order valence-electron chi connectivity index (χ3n) is 3.01. The number of anilines is 2. The summed E-state index contributed by atoms with van der Waals surface area (Å²) in [5.74, 6) is 0.909. The van der Waals surface area contributed by atoms with Crippen LogP contribution in [-0.4, -0.2) is 22.4 Å². The largest absolute Gasteiger partial charge is 0.369 e. The molecule has 0 atom stereocenters. The maximum absolute atomic E-state index is 12.1. The second kappa shape index (κ2) is 7.35. The number of aromatic nitrogens is 2. The molecule has 0 radical (unpaired) electrons. The smallest absolute Gasteiger partial charge is 0.275 e. The second-order valence-electron chi connectivity index (χ2n) is 5.48. The standard InChI is InChI=1S/C16H19BrN4O/c1-10(2)7-19-15-9-18-14(8-20-15)16(22)21-12-5-4-11(3)13(17)6-12/h4-6,8-10H,7H2,1-3H3,(H,19,20)(H,21,22). The third kappa shape index (κ3) is 4.53. The molecular weight excluding hydrogens is 344 g/mol. The summed E-state index contributed by atoms with van der Waals surface area (Å²) in [6.45, 7) is 7.03. The lowest BCUT2D eigenvalue weighted by Gasteiger charge is -2.09. The van der Waals surface area contributed by atoms with Crippen LogP contribution < -0.4 is 10.6 Å². The lowest BCUT2D eigenvalue weighted by Crippen LogP contribution is -2.15. The first-order valence-corrected chi connectivity index (χ1v) is 7.88. The van der Waals surface area contributed by atoms with Gasteiger partial charge in [0.15, 0.2) is 0 Å². The van der Waals surface area contributed by atoms with Crippen molar-refractivity contribution in [3.8, 4) is 0 Å². The van der Waals surface area contributed by atoms with Crippen LogP contribution in [0.25, 0.3) is 0 Å². The van der Waals surface area contributed by atoms with Crippen molar-refractivity contribution in [3.63, 3.8) is 0 Å². The van der Waals surface area contributed by atoms with Gasteiger partial charge in [-0.3, -0.25) is 4.79 Å². The molecule has 5 nitrogen and oxygen atoms in total. The van der Waals surface area contributed by atoms with E-state index in [4.69, 9.17) is 0 Å². The molecule has 22 heavy (non-hydrogen) atoms. The molecule has 0 bridgehead atoms. The summed E-state index contributed by atoms with van der Waals surface area (Å²) >= 11 is 3.44. The minimum absolute atomic E-state index is 0.279. The summed E-state index contributed by atoms with van der Waals surface area (Å²) in [7, 11) is 0. The molecule has 1 heterocycles. The van der Waals surface area contributed by atoms with E-state index >= 15 is 0 Å². The fraction of sp³-hybridized carbons (Fsp3) is 0.312. The lowest BCUT2D eigenvalue weighted by atomic mass is 10.2. The number of rotatable bonds is 5. The highest BCUT2D eigenvalue weighted by atomic mass is 79.9. The normalized spacial score (nSPS) is 10.6. The minimum Gasteiger partial charge on any atom is -0.369 e. The van der Waals surface area contributed by atoms with E-state index in [0.717, 1.165) is 16.6 Å².